The summed E-state index contributed by atoms with van der Waals surface area (Å²) in [6.07, 6.45) is 3.54. The van der Waals surface area contributed by atoms with Gasteiger partial charge in [-0.25, -0.2) is 0 Å². The minimum atomic E-state index is 1.12. The smallest absolute Gasteiger partial charge is 0.0459 e. The van der Waals surface area contributed by atoms with Gasteiger partial charge in [0.05, 0.1) is 0 Å². The molecule has 3 nitrogen and oxygen atoms in total. The molecule has 2 heterocycles. The maximum Gasteiger partial charge on any atom is 0.0459 e. The first-order valence-corrected chi connectivity index (χ1v) is 8.68. The van der Waals surface area contributed by atoms with Crippen LogP contribution in [0.1, 0.15) is 30.2 Å². The minimum absolute atomic E-state index is 1.12. The number of piperazine rings is 1. The lowest BCUT2D eigenvalue weighted by Crippen LogP contribution is -2.44. The Labute approximate surface area is 134 Å². The predicted molar refractivity (Wildman–Crippen MR) is 94.7 cm³/mol. The Hall–Kier alpha value is -1.32. The van der Waals surface area contributed by atoms with Crippen molar-refractivity contribution < 1.29 is 0 Å². The number of nitrogens with one attached hydrogen (secondary N) is 1. The molecule has 1 aliphatic rings. The van der Waals surface area contributed by atoms with Gasteiger partial charge in [0.15, 0.2) is 0 Å². The van der Waals surface area contributed by atoms with E-state index >= 15 is 0 Å². The summed E-state index contributed by atoms with van der Waals surface area (Å²) in [4.78, 5) is 8.69. The summed E-state index contributed by atoms with van der Waals surface area (Å²) in [7, 11) is 2.22. The molecule has 3 rings (SSSR count). The van der Waals surface area contributed by atoms with Crippen molar-refractivity contribution in [2.45, 2.75) is 33.1 Å². The number of aryl methyl sites for hydroxylation is 3. The normalized spacial score (nSPS) is 17.4. The lowest BCUT2D eigenvalue weighted by atomic mass is 10.0. The van der Waals surface area contributed by atoms with Gasteiger partial charge in [0.25, 0.3) is 0 Å². The number of rotatable bonds is 5. The number of hydrogen-bond acceptors (Lipinski definition) is 2. The van der Waals surface area contributed by atoms with Crippen LogP contribution in [0, 0.1) is 6.92 Å². The van der Waals surface area contributed by atoms with Gasteiger partial charge in [0, 0.05) is 42.8 Å². The van der Waals surface area contributed by atoms with Gasteiger partial charge in [-0.05, 0) is 57.5 Å². The van der Waals surface area contributed by atoms with Crippen LogP contribution in [0.4, 0.5) is 0 Å². The monoisotopic (exact) mass is 299 g/mol. The third kappa shape index (κ3) is 3.36. The lowest BCUT2D eigenvalue weighted by Gasteiger charge is -2.32. The molecule has 1 saturated heterocycles. The summed E-state index contributed by atoms with van der Waals surface area (Å²) < 4.78 is 0. The Morgan fingerprint density at radius 1 is 1.14 bits per heavy atom. The fourth-order valence-corrected chi connectivity index (χ4v) is 3.59. The number of aromatic amines is 1. The number of nitrogens with zero attached hydrogens (tertiary/aromatic N) is 2. The molecule has 22 heavy (non-hydrogen) atoms. The predicted octanol–water partition coefficient (Wildman–Crippen LogP) is 3.22. The molecule has 1 N–H and O–H groups in total. The van der Waals surface area contributed by atoms with Crippen molar-refractivity contribution in [1.29, 1.82) is 0 Å². The van der Waals surface area contributed by atoms with Crippen molar-refractivity contribution in [1.82, 2.24) is 14.8 Å². The van der Waals surface area contributed by atoms with Gasteiger partial charge in [-0.15, -0.1) is 0 Å². The molecule has 1 aliphatic heterocycles. The first-order valence-electron chi connectivity index (χ1n) is 8.68. The van der Waals surface area contributed by atoms with E-state index in [0.29, 0.717) is 0 Å². The molecule has 0 unspecified atom stereocenters. The van der Waals surface area contributed by atoms with Crippen LogP contribution in [-0.4, -0.2) is 54.6 Å². The highest BCUT2D eigenvalue weighted by atomic mass is 15.2. The van der Waals surface area contributed by atoms with E-state index in [4.69, 9.17) is 0 Å². The second kappa shape index (κ2) is 6.84. The van der Waals surface area contributed by atoms with Crippen LogP contribution < -0.4 is 0 Å². The topological polar surface area (TPSA) is 22.3 Å². The second-order valence-corrected chi connectivity index (χ2v) is 6.73. The summed E-state index contributed by atoms with van der Waals surface area (Å²) in [6.45, 7) is 10.6. The van der Waals surface area contributed by atoms with Crippen LogP contribution in [0.3, 0.4) is 0 Å². The number of fused-ring (bicyclic) bond motifs is 1. The SMILES string of the molecule is CCc1c(CCCN2CCN(C)CC2)[nH]c2ccc(C)cc12. The molecule has 0 spiro atoms. The molecule has 1 fully saturated rings. The fraction of sp³-hybridized carbons (Fsp3) is 0.579. The van der Waals surface area contributed by atoms with E-state index in [-0.39, 0.29) is 0 Å². The molecule has 0 aliphatic carbocycles. The Morgan fingerprint density at radius 2 is 1.91 bits per heavy atom. The molecule has 120 valence electrons. The van der Waals surface area contributed by atoms with Crippen molar-refractivity contribution in [2.24, 2.45) is 0 Å². The number of likely N-dealkylation sites (N-methyl/N-ethyl adjacent to an activating group) is 1. The third-order valence-corrected chi connectivity index (χ3v) is 5.00. The molecule has 2 aromatic rings. The van der Waals surface area contributed by atoms with E-state index in [2.05, 4.69) is 53.9 Å². The summed E-state index contributed by atoms with van der Waals surface area (Å²) in [5.74, 6) is 0. The largest absolute Gasteiger partial charge is 0.358 e. The standard InChI is InChI=1S/C19H29N3/c1-4-16-17-14-15(2)7-8-19(17)20-18(16)6-5-9-22-12-10-21(3)11-13-22/h7-8,14,20H,4-6,9-13H2,1-3H3. The van der Waals surface area contributed by atoms with E-state index in [9.17, 15) is 0 Å². The summed E-state index contributed by atoms with van der Waals surface area (Å²) in [6, 6.07) is 6.76. The molecule has 0 bridgehead atoms. The zero-order chi connectivity index (χ0) is 15.5. The Bertz CT molecular complexity index is 621. The number of benzene rings is 1. The molecule has 0 radical (unpaired) electrons. The van der Waals surface area contributed by atoms with Crippen LogP contribution >= 0.6 is 0 Å². The first kappa shape index (κ1) is 15.6. The summed E-state index contributed by atoms with van der Waals surface area (Å²) in [5.41, 5.74) is 5.64. The van der Waals surface area contributed by atoms with E-state index in [1.807, 2.05) is 0 Å². The lowest BCUT2D eigenvalue weighted by molar-refractivity contribution is 0.153. The molecule has 0 amide bonds. The highest BCUT2D eigenvalue weighted by Crippen LogP contribution is 2.25. The van der Waals surface area contributed by atoms with Crippen molar-refractivity contribution >= 4 is 10.9 Å². The Kier molecular flexibility index (Phi) is 4.84. The Morgan fingerprint density at radius 3 is 2.64 bits per heavy atom. The van der Waals surface area contributed by atoms with Gasteiger partial charge in [0.2, 0.25) is 0 Å². The maximum absolute atomic E-state index is 3.66. The van der Waals surface area contributed by atoms with Gasteiger partial charge in [-0.2, -0.15) is 0 Å². The van der Waals surface area contributed by atoms with Gasteiger partial charge in [-0.1, -0.05) is 18.6 Å². The first-order chi connectivity index (χ1) is 10.7. The van der Waals surface area contributed by atoms with Crippen molar-refractivity contribution in [3.8, 4) is 0 Å². The highest BCUT2D eigenvalue weighted by Gasteiger charge is 2.14. The molecule has 0 saturated carbocycles. The third-order valence-electron chi connectivity index (χ3n) is 5.00. The van der Waals surface area contributed by atoms with Crippen LogP contribution in [0.25, 0.3) is 10.9 Å². The van der Waals surface area contributed by atoms with E-state index < -0.39 is 0 Å². The second-order valence-electron chi connectivity index (χ2n) is 6.73. The van der Waals surface area contributed by atoms with Crippen molar-refractivity contribution in [3.63, 3.8) is 0 Å². The van der Waals surface area contributed by atoms with Gasteiger partial charge < -0.3 is 14.8 Å². The van der Waals surface area contributed by atoms with Crippen molar-refractivity contribution in [3.05, 3.63) is 35.0 Å². The molecule has 1 aromatic carbocycles. The van der Waals surface area contributed by atoms with Crippen LogP contribution in [-0.2, 0) is 12.8 Å². The average molecular weight is 299 g/mol. The average Bonchev–Trinajstić information content (AvgIpc) is 2.86. The minimum Gasteiger partial charge on any atom is -0.358 e. The molecule has 1 aromatic heterocycles. The van der Waals surface area contributed by atoms with Crippen LogP contribution in [0.2, 0.25) is 0 Å². The van der Waals surface area contributed by atoms with Gasteiger partial charge in [0.1, 0.15) is 0 Å². The molecular weight excluding hydrogens is 270 g/mol. The zero-order valence-electron chi connectivity index (χ0n) is 14.3. The summed E-state index contributed by atoms with van der Waals surface area (Å²) >= 11 is 0. The van der Waals surface area contributed by atoms with Crippen LogP contribution in [0.15, 0.2) is 18.2 Å². The number of aromatic nitrogens is 1. The molecule has 3 heteroatoms. The fourth-order valence-electron chi connectivity index (χ4n) is 3.59. The van der Waals surface area contributed by atoms with E-state index in [1.54, 1.807) is 0 Å². The molecule has 0 atom stereocenters. The summed E-state index contributed by atoms with van der Waals surface area (Å²) in [5, 5.41) is 1.43. The van der Waals surface area contributed by atoms with Gasteiger partial charge in [-0.3, -0.25) is 0 Å². The van der Waals surface area contributed by atoms with Crippen LogP contribution in [0.5, 0.6) is 0 Å². The number of hydrogen-bond donors (Lipinski definition) is 1. The van der Waals surface area contributed by atoms with E-state index in [1.165, 1.54) is 73.3 Å². The van der Waals surface area contributed by atoms with Crippen molar-refractivity contribution in [2.75, 3.05) is 39.8 Å². The maximum atomic E-state index is 3.66. The van der Waals surface area contributed by atoms with E-state index in [0.717, 1.165) is 6.42 Å². The molecular formula is C19H29N3. The van der Waals surface area contributed by atoms with Gasteiger partial charge >= 0.3 is 0 Å². The zero-order valence-corrected chi connectivity index (χ0v) is 14.3. The quantitative estimate of drug-likeness (QED) is 0.916. The Balaban J connectivity index is 1.63. The highest BCUT2D eigenvalue weighted by molar-refractivity contribution is 5.85. The number of H-pyrrole nitrogens is 1.